The van der Waals surface area contributed by atoms with Gasteiger partial charge in [0.15, 0.2) is 0 Å². The lowest BCUT2D eigenvalue weighted by Crippen LogP contribution is -2.27. The summed E-state index contributed by atoms with van der Waals surface area (Å²) in [6.45, 7) is 4.94. The van der Waals surface area contributed by atoms with Crippen LogP contribution in [0, 0.1) is 5.82 Å². The van der Waals surface area contributed by atoms with Crippen LogP contribution in [0.1, 0.15) is 38.9 Å². The van der Waals surface area contributed by atoms with Crippen molar-refractivity contribution in [3.05, 3.63) is 29.8 Å². The number of ether oxygens (including phenoxy) is 1. The molecule has 2 aromatic rings. The molecule has 112 valence electrons. The summed E-state index contributed by atoms with van der Waals surface area (Å²) in [6, 6.07) is 4.56. The number of rotatable bonds is 5. The maximum absolute atomic E-state index is 13.5. The summed E-state index contributed by atoms with van der Waals surface area (Å²) in [5.41, 5.74) is 0.860. The first-order chi connectivity index (χ1) is 10.1. The van der Waals surface area contributed by atoms with Crippen LogP contribution in [-0.2, 0) is 21.5 Å². The van der Waals surface area contributed by atoms with E-state index in [1.165, 1.54) is 12.1 Å². The monoisotopic (exact) mass is 290 g/mol. The Hall–Kier alpha value is -1.91. The van der Waals surface area contributed by atoms with E-state index < -0.39 is 5.41 Å². The first-order valence-corrected chi connectivity index (χ1v) is 7.46. The van der Waals surface area contributed by atoms with Crippen LogP contribution in [0.3, 0.4) is 0 Å². The van der Waals surface area contributed by atoms with Gasteiger partial charge in [0.2, 0.25) is 0 Å². The van der Waals surface area contributed by atoms with Gasteiger partial charge in [0.05, 0.1) is 17.6 Å². The van der Waals surface area contributed by atoms with Crippen molar-refractivity contribution in [2.75, 3.05) is 6.61 Å². The number of aromatic nitrogens is 2. The van der Waals surface area contributed by atoms with Crippen LogP contribution < -0.4 is 0 Å². The quantitative estimate of drug-likeness (QED) is 0.794. The fraction of sp³-hybridized carbons (Fsp3) is 0.500. The highest BCUT2D eigenvalue weighted by Crippen LogP contribution is 2.49. The van der Waals surface area contributed by atoms with Crippen molar-refractivity contribution in [1.82, 2.24) is 9.55 Å². The number of esters is 1. The number of aryl methyl sites for hydroxylation is 1. The zero-order valence-electron chi connectivity index (χ0n) is 12.4. The number of halogens is 1. The summed E-state index contributed by atoms with van der Waals surface area (Å²) in [5.74, 6) is 0.230. The number of carbonyl (C=O) groups is 1. The minimum absolute atomic E-state index is 0.210. The molecule has 5 heteroatoms. The van der Waals surface area contributed by atoms with Gasteiger partial charge >= 0.3 is 5.97 Å². The zero-order valence-corrected chi connectivity index (χ0v) is 12.4. The molecule has 0 bridgehead atoms. The molecule has 0 N–H and O–H groups in total. The van der Waals surface area contributed by atoms with Crippen molar-refractivity contribution in [2.45, 2.75) is 45.1 Å². The summed E-state index contributed by atoms with van der Waals surface area (Å²) in [5, 5.41) is 0. The number of fused-ring (bicyclic) bond motifs is 1. The molecule has 0 atom stereocenters. The Balaban J connectivity index is 2.14. The molecule has 0 spiro atoms. The highest BCUT2D eigenvalue weighted by molar-refractivity contribution is 5.87. The first kappa shape index (κ1) is 14.0. The van der Waals surface area contributed by atoms with Crippen molar-refractivity contribution in [3.8, 4) is 0 Å². The molecule has 0 amide bonds. The molecule has 1 fully saturated rings. The lowest BCUT2D eigenvalue weighted by atomic mass is 10.1. The van der Waals surface area contributed by atoms with E-state index in [2.05, 4.69) is 11.9 Å². The third-order valence-electron chi connectivity index (χ3n) is 4.00. The van der Waals surface area contributed by atoms with Gasteiger partial charge in [-0.2, -0.15) is 0 Å². The molecule has 1 aromatic carbocycles. The van der Waals surface area contributed by atoms with Gasteiger partial charge in [-0.3, -0.25) is 4.79 Å². The van der Waals surface area contributed by atoms with E-state index in [-0.39, 0.29) is 11.8 Å². The third-order valence-corrected chi connectivity index (χ3v) is 4.00. The maximum atomic E-state index is 13.5. The molecule has 0 radical (unpaired) electrons. The predicted molar refractivity (Wildman–Crippen MR) is 77.5 cm³/mol. The van der Waals surface area contributed by atoms with Gasteiger partial charge in [0.25, 0.3) is 0 Å². The van der Waals surface area contributed by atoms with Crippen molar-refractivity contribution in [2.24, 2.45) is 0 Å². The van der Waals surface area contributed by atoms with Crippen LogP contribution in [0.5, 0.6) is 0 Å². The van der Waals surface area contributed by atoms with Crippen molar-refractivity contribution in [1.29, 1.82) is 0 Å². The fourth-order valence-corrected chi connectivity index (χ4v) is 2.82. The van der Waals surface area contributed by atoms with Crippen LogP contribution >= 0.6 is 0 Å². The average Bonchev–Trinajstić information content (AvgIpc) is 3.19. The molecule has 4 nitrogen and oxygen atoms in total. The van der Waals surface area contributed by atoms with E-state index in [9.17, 15) is 9.18 Å². The van der Waals surface area contributed by atoms with Gasteiger partial charge < -0.3 is 9.30 Å². The van der Waals surface area contributed by atoms with Gasteiger partial charge in [0.1, 0.15) is 17.1 Å². The first-order valence-electron chi connectivity index (χ1n) is 7.46. The molecule has 1 aliphatic carbocycles. The summed E-state index contributed by atoms with van der Waals surface area (Å²) in [6.07, 6.45) is 2.40. The van der Waals surface area contributed by atoms with Crippen molar-refractivity contribution < 1.29 is 13.9 Å². The van der Waals surface area contributed by atoms with Crippen LogP contribution in [0.2, 0.25) is 0 Å². The summed E-state index contributed by atoms with van der Waals surface area (Å²) in [7, 11) is 0. The van der Waals surface area contributed by atoms with Gasteiger partial charge in [-0.25, -0.2) is 9.37 Å². The van der Waals surface area contributed by atoms with E-state index in [0.717, 1.165) is 42.7 Å². The molecule has 1 heterocycles. The maximum Gasteiger partial charge on any atom is 0.319 e. The SMILES string of the molecule is CCCn1c(C2(C(=O)OCC)CC2)nc2ccc(F)cc21. The van der Waals surface area contributed by atoms with E-state index in [4.69, 9.17) is 4.74 Å². The molecule has 21 heavy (non-hydrogen) atoms. The molecule has 3 rings (SSSR count). The Labute approximate surface area is 122 Å². The Kier molecular flexibility index (Phi) is 3.43. The Bertz CT molecular complexity index is 689. The van der Waals surface area contributed by atoms with E-state index in [1.807, 2.05) is 4.57 Å². The second-order valence-corrected chi connectivity index (χ2v) is 5.52. The van der Waals surface area contributed by atoms with Gasteiger partial charge in [-0.1, -0.05) is 6.92 Å². The number of imidazole rings is 1. The lowest BCUT2D eigenvalue weighted by Gasteiger charge is -2.15. The van der Waals surface area contributed by atoms with E-state index in [0.29, 0.717) is 6.61 Å². The normalized spacial score (nSPS) is 16.1. The summed E-state index contributed by atoms with van der Waals surface area (Å²) in [4.78, 5) is 16.9. The third kappa shape index (κ3) is 2.20. The number of nitrogens with zero attached hydrogens (tertiary/aromatic N) is 2. The van der Waals surface area contributed by atoms with E-state index >= 15 is 0 Å². The molecular weight excluding hydrogens is 271 g/mol. The number of hydrogen-bond acceptors (Lipinski definition) is 3. The standard InChI is InChI=1S/C16H19FN2O2/c1-3-9-19-13-10-11(17)5-6-12(13)18-14(19)16(7-8-16)15(20)21-4-2/h5-6,10H,3-4,7-9H2,1-2H3. The molecule has 1 aliphatic rings. The average molecular weight is 290 g/mol. The molecule has 0 saturated heterocycles. The van der Waals surface area contributed by atoms with Crippen molar-refractivity contribution in [3.63, 3.8) is 0 Å². The summed E-state index contributed by atoms with van der Waals surface area (Å²) >= 11 is 0. The van der Waals surface area contributed by atoms with Gasteiger partial charge in [0, 0.05) is 6.54 Å². The molecule has 1 saturated carbocycles. The Morgan fingerprint density at radius 2 is 2.19 bits per heavy atom. The van der Waals surface area contributed by atoms with E-state index in [1.54, 1.807) is 13.0 Å². The van der Waals surface area contributed by atoms with Crippen LogP contribution in [0.25, 0.3) is 11.0 Å². The number of carbonyl (C=O) groups excluding carboxylic acids is 1. The molecule has 0 aliphatic heterocycles. The highest BCUT2D eigenvalue weighted by atomic mass is 19.1. The van der Waals surface area contributed by atoms with Crippen LogP contribution in [-0.4, -0.2) is 22.1 Å². The predicted octanol–water partition coefficient (Wildman–Crippen LogP) is 3.18. The van der Waals surface area contributed by atoms with Crippen molar-refractivity contribution >= 4 is 17.0 Å². The smallest absolute Gasteiger partial charge is 0.319 e. The number of benzene rings is 1. The second-order valence-electron chi connectivity index (χ2n) is 5.52. The molecule has 0 unspecified atom stereocenters. The van der Waals surface area contributed by atoms with Gasteiger partial charge in [-0.15, -0.1) is 0 Å². The second kappa shape index (κ2) is 5.13. The highest BCUT2D eigenvalue weighted by Gasteiger charge is 2.56. The largest absolute Gasteiger partial charge is 0.465 e. The molecule has 1 aromatic heterocycles. The molecular formula is C16H19FN2O2. The minimum Gasteiger partial charge on any atom is -0.465 e. The van der Waals surface area contributed by atoms with Crippen LogP contribution in [0.4, 0.5) is 4.39 Å². The minimum atomic E-state index is -0.624. The fourth-order valence-electron chi connectivity index (χ4n) is 2.82. The summed E-state index contributed by atoms with van der Waals surface area (Å²) < 4.78 is 20.7. The lowest BCUT2D eigenvalue weighted by molar-refractivity contribution is -0.146. The van der Waals surface area contributed by atoms with Crippen LogP contribution in [0.15, 0.2) is 18.2 Å². The van der Waals surface area contributed by atoms with Gasteiger partial charge in [-0.05, 0) is 44.4 Å². The Morgan fingerprint density at radius 1 is 1.43 bits per heavy atom. The Morgan fingerprint density at radius 3 is 2.81 bits per heavy atom. The zero-order chi connectivity index (χ0) is 15.0. The topological polar surface area (TPSA) is 44.1 Å². The number of hydrogen-bond donors (Lipinski definition) is 0.